The average molecular weight is 322 g/mol. The summed E-state index contributed by atoms with van der Waals surface area (Å²) in [7, 11) is 0. The van der Waals surface area contributed by atoms with Crippen LogP contribution in [0.3, 0.4) is 0 Å². The van der Waals surface area contributed by atoms with Gasteiger partial charge in [-0.05, 0) is 30.5 Å². The molecule has 0 fully saturated rings. The number of hydrogen-bond donors (Lipinski definition) is 2. The van der Waals surface area contributed by atoms with Gasteiger partial charge in [0.1, 0.15) is 28.7 Å². The van der Waals surface area contributed by atoms with E-state index in [0.717, 1.165) is 6.07 Å². The molecule has 0 unspecified atom stereocenters. The molecule has 1 aromatic heterocycles. The maximum atomic E-state index is 13.6. The van der Waals surface area contributed by atoms with Gasteiger partial charge >= 0.3 is 0 Å². The second kappa shape index (κ2) is 7.11. The average Bonchev–Trinajstić information content (AvgIpc) is 2.92. The number of nitrogens with zero attached hydrogens (tertiary/aromatic N) is 1. The van der Waals surface area contributed by atoms with E-state index >= 15 is 0 Å². The fraction of sp³-hybridized carbons (Fsp3) is 0.200. The Kier molecular flexibility index (Phi) is 5.20. The maximum absolute atomic E-state index is 13.6. The number of nitrogens with two attached hydrogens (primary N) is 1. The van der Waals surface area contributed by atoms with Crippen LogP contribution in [0, 0.1) is 23.0 Å². The van der Waals surface area contributed by atoms with Gasteiger partial charge in [-0.25, -0.2) is 8.78 Å². The Balaban J connectivity index is 1.92. The number of amides is 1. The summed E-state index contributed by atoms with van der Waals surface area (Å²) >= 11 is 1.27. The molecule has 0 saturated carbocycles. The van der Waals surface area contributed by atoms with Gasteiger partial charge in [0.2, 0.25) is 0 Å². The van der Waals surface area contributed by atoms with E-state index in [1.165, 1.54) is 23.5 Å². The number of nitrogens with one attached hydrogen (secondary N) is 1. The monoisotopic (exact) mass is 322 g/mol. The predicted octanol–water partition coefficient (Wildman–Crippen LogP) is 2.16. The van der Waals surface area contributed by atoms with E-state index in [1.54, 1.807) is 23.7 Å². The van der Waals surface area contributed by atoms with Gasteiger partial charge in [0.05, 0.1) is 5.56 Å². The molecule has 1 atom stereocenters. The molecule has 2 aromatic rings. The quantitative estimate of drug-likeness (QED) is 0.886. The third kappa shape index (κ3) is 3.87. The van der Waals surface area contributed by atoms with Gasteiger partial charge in [-0.3, -0.25) is 4.79 Å². The maximum Gasteiger partial charge on any atom is 0.280 e. The Morgan fingerprint density at radius 1 is 1.45 bits per heavy atom. The van der Waals surface area contributed by atoms with E-state index in [4.69, 9.17) is 5.26 Å². The van der Waals surface area contributed by atoms with Crippen LogP contribution >= 0.6 is 11.3 Å². The first-order chi connectivity index (χ1) is 10.5. The zero-order valence-electron chi connectivity index (χ0n) is 11.8. The summed E-state index contributed by atoms with van der Waals surface area (Å²) in [6, 6.07) is 6.67. The van der Waals surface area contributed by atoms with Crippen molar-refractivity contribution in [2.75, 3.05) is 11.9 Å². The first kappa shape index (κ1) is 16.1. The van der Waals surface area contributed by atoms with Crippen molar-refractivity contribution >= 4 is 22.2 Å². The van der Waals surface area contributed by atoms with E-state index in [2.05, 4.69) is 5.32 Å². The number of benzene rings is 1. The first-order valence-electron chi connectivity index (χ1n) is 6.57. The molecular formula is C15H14F2N3OS+. The van der Waals surface area contributed by atoms with Crippen LogP contribution in [0.25, 0.3) is 0 Å². The molecule has 1 heterocycles. The van der Waals surface area contributed by atoms with Gasteiger partial charge < -0.3 is 10.6 Å². The number of carbonyl (C=O) groups is 1. The minimum atomic E-state index is -0.632. The number of rotatable bonds is 5. The lowest BCUT2D eigenvalue weighted by molar-refractivity contribution is -0.682. The molecule has 22 heavy (non-hydrogen) atoms. The third-order valence-corrected chi connectivity index (χ3v) is 3.98. The Morgan fingerprint density at radius 2 is 2.23 bits per heavy atom. The molecular weight excluding hydrogens is 308 g/mol. The molecule has 0 aliphatic heterocycles. The highest BCUT2D eigenvalue weighted by atomic mass is 32.1. The number of hydrogen-bond acceptors (Lipinski definition) is 3. The topological polar surface area (TPSA) is 69.5 Å². The molecule has 4 nitrogen and oxygen atoms in total. The Bertz CT molecular complexity index is 724. The molecule has 0 aliphatic carbocycles. The summed E-state index contributed by atoms with van der Waals surface area (Å²) in [5.41, 5.74) is 0.749. The van der Waals surface area contributed by atoms with E-state index in [0.29, 0.717) is 16.1 Å². The zero-order valence-corrected chi connectivity index (χ0v) is 12.6. The number of halogens is 2. The van der Waals surface area contributed by atoms with Crippen LogP contribution in [-0.4, -0.2) is 12.5 Å². The molecule has 3 N–H and O–H groups in total. The Labute approximate surface area is 130 Å². The fourth-order valence-electron chi connectivity index (χ4n) is 1.95. The van der Waals surface area contributed by atoms with Gasteiger partial charge in [-0.15, -0.1) is 11.3 Å². The zero-order chi connectivity index (χ0) is 16.1. The van der Waals surface area contributed by atoms with Crippen LogP contribution < -0.4 is 10.6 Å². The Morgan fingerprint density at radius 3 is 2.91 bits per heavy atom. The largest absolute Gasteiger partial charge is 0.332 e. The minimum Gasteiger partial charge on any atom is -0.332 e. The molecule has 0 radical (unpaired) electrons. The van der Waals surface area contributed by atoms with Crippen molar-refractivity contribution in [3.8, 4) is 6.07 Å². The van der Waals surface area contributed by atoms with Crippen molar-refractivity contribution in [1.82, 2.24) is 0 Å². The smallest absolute Gasteiger partial charge is 0.280 e. The summed E-state index contributed by atoms with van der Waals surface area (Å²) in [4.78, 5) is 11.9. The van der Waals surface area contributed by atoms with Crippen LogP contribution in [0.2, 0.25) is 0 Å². The lowest BCUT2D eigenvalue weighted by atomic mass is 10.1. The number of nitriles is 1. The van der Waals surface area contributed by atoms with Crippen LogP contribution in [0.4, 0.5) is 13.8 Å². The van der Waals surface area contributed by atoms with Gasteiger partial charge in [-0.1, -0.05) is 0 Å². The van der Waals surface area contributed by atoms with E-state index in [1.807, 2.05) is 6.07 Å². The normalized spacial score (nSPS) is 11.7. The molecule has 114 valence electrons. The lowest BCUT2D eigenvalue weighted by Crippen LogP contribution is -2.86. The van der Waals surface area contributed by atoms with Gasteiger partial charge in [0, 0.05) is 11.6 Å². The number of anilines is 1. The molecule has 2 rings (SSSR count). The standard InChI is InChI=1S/C15H13F2N3OS/c1-9(12-3-2-11(16)6-13(12)17)19-8-14(21)20-15-10(7-18)4-5-22-15/h2-6,9,19H,8H2,1H3,(H,20,21)/p+1/t9-/m1/s1. The second-order valence-corrected chi connectivity index (χ2v) is 5.63. The molecule has 0 aliphatic rings. The molecule has 0 saturated heterocycles. The second-order valence-electron chi connectivity index (χ2n) is 4.72. The van der Waals surface area contributed by atoms with Crippen molar-refractivity contribution in [2.45, 2.75) is 13.0 Å². The summed E-state index contributed by atoms with van der Waals surface area (Å²) in [6.07, 6.45) is 0. The molecule has 0 spiro atoms. The highest BCUT2D eigenvalue weighted by Gasteiger charge is 2.17. The first-order valence-corrected chi connectivity index (χ1v) is 7.45. The van der Waals surface area contributed by atoms with Crippen LogP contribution in [0.5, 0.6) is 0 Å². The minimum absolute atomic E-state index is 0.0702. The number of thiophene rings is 1. The molecule has 7 heteroatoms. The van der Waals surface area contributed by atoms with E-state index < -0.39 is 11.6 Å². The van der Waals surface area contributed by atoms with E-state index in [9.17, 15) is 13.6 Å². The van der Waals surface area contributed by atoms with Crippen molar-refractivity contribution < 1.29 is 18.9 Å². The van der Waals surface area contributed by atoms with Gasteiger partial charge in [0.25, 0.3) is 5.91 Å². The Hall–Kier alpha value is -2.30. The molecule has 1 aromatic carbocycles. The lowest BCUT2D eigenvalue weighted by Gasteiger charge is -2.11. The SMILES string of the molecule is C[C@@H]([NH2+]CC(=O)Nc1sccc1C#N)c1ccc(F)cc1F. The van der Waals surface area contributed by atoms with Gasteiger partial charge in [-0.2, -0.15) is 5.26 Å². The van der Waals surface area contributed by atoms with Crippen LogP contribution in [0.15, 0.2) is 29.6 Å². The highest BCUT2D eigenvalue weighted by molar-refractivity contribution is 7.14. The number of carbonyl (C=O) groups excluding carboxylic acids is 1. The summed E-state index contributed by atoms with van der Waals surface area (Å²) in [5.74, 6) is -1.55. The van der Waals surface area contributed by atoms with Crippen molar-refractivity contribution in [3.63, 3.8) is 0 Å². The van der Waals surface area contributed by atoms with E-state index in [-0.39, 0.29) is 18.5 Å². The summed E-state index contributed by atoms with van der Waals surface area (Å²) in [6.45, 7) is 1.80. The van der Waals surface area contributed by atoms with Crippen LogP contribution in [-0.2, 0) is 4.79 Å². The van der Waals surface area contributed by atoms with Crippen LogP contribution in [0.1, 0.15) is 24.1 Å². The third-order valence-electron chi connectivity index (χ3n) is 3.15. The highest BCUT2D eigenvalue weighted by Crippen LogP contribution is 2.21. The fourth-order valence-corrected chi connectivity index (χ4v) is 2.71. The van der Waals surface area contributed by atoms with Crippen molar-refractivity contribution in [1.29, 1.82) is 5.26 Å². The molecule has 1 amide bonds. The van der Waals surface area contributed by atoms with Crippen molar-refractivity contribution in [2.24, 2.45) is 0 Å². The molecule has 0 bridgehead atoms. The predicted molar refractivity (Wildman–Crippen MR) is 79.2 cm³/mol. The summed E-state index contributed by atoms with van der Waals surface area (Å²) < 4.78 is 26.5. The summed E-state index contributed by atoms with van der Waals surface area (Å²) in [5, 5.41) is 15.4. The van der Waals surface area contributed by atoms with Crippen molar-refractivity contribution in [3.05, 3.63) is 52.4 Å². The number of quaternary nitrogens is 1. The van der Waals surface area contributed by atoms with Gasteiger partial charge in [0.15, 0.2) is 6.54 Å².